The smallest absolute Gasteiger partial charge is 0.319 e. The van der Waals surface area contributed by atoms with Gasteiger partial charge in [-0.1, -0.05) is 6.07 Å². The average molecular weight is 439 g/mol. The summed E-state index contributed by atoms with van der Waals surface area (Å²) in [4.78, 5) is 11.9. The normalized spacial score (nSPS) is 13.6. The summed E-state index contributed by atoms with van der Waals surface area (Å²) in [5, 5.41) is 10.2. The van der Waals surface area contributed by atoms with Crippen LogP contribution in [0.2, 0.25) is 0 Å². The summed E-state index contributed by atoms with van der Waals surface area (Å²) >= 11 is 0. The van der Waals surface area contributed by atoms with Crippen molar-refractivity contribution in [3.05, 3.63) is 53.6 Å². The number of anilines is 2. The van der Waals surface area contributed by atoms with Crippen LogP contribution in [-0.4, -0.2) is 35.2 Å². The highest BCUT2D eigenvalue weighted by Crippen LogP contribution is 2.24. The van der Waals surface area contributed by atoms with Crippen LogP contribution in [-0.2, 0) is 32.9 Å². The second kappa shape index (κ2) is 8.39. The lowest BCUT2D eigenvalue weighted by Crippen LogP contribution is -2.34. The number of carbonyl (C=O) groups is 1. The van der Waals surface area contributed by atoms with E-state index >= 15 is 0 Å². The van der Waals surface area contributed by atoms with E-state index in [1.165, 1.54) is 35.4 Å². The fraction of sp³-hybridized carbons (Fsp3) is 0.278. The molecule has 0 aromatic heterocycles. The van der Waals surface area contributed by atoms with Crippen LogP contribution in [0.5, 0.6) is 0 Å². The van der Waals surface area contributed by atoms with Gasteiger partial charge in [0.15, 0.2) is 0 Å². The minimum absolute atomic E-state index is 0.0959. The monoisotopic (exact) mass is 438 g/mol. The summed E-state index contributed by atoms with van der Waals surface area (Å²) in [5.74, 6) is -0.346. The number of aryl methyl sites for hydroxylation is 2. The average Bonchev–Trinajstić information content (AvgIpc) is 3.08. The molecule has 0 saturated heterocycles. The molecule has 2 aromatic carbocycles. The molecule has 0 fully saturated rings. The Kier molecular flexibility index (Phi) is 6.10. The van der Waals surface area contributed by atoms with Gasteiger partial charge >= 0.3 is 6.03 Å². The van der Waals surface area contributed by atoms with Gasteiger partial charge < -0.3 is 10.6 Å². The number of fused-ring (bicyclic) bond motifs is 1. The number of benzene rings is 2. The molecule has 1 aliphatic rings. The van der Waals surface area contributed by atoms with Gasteiger partial charge in [0, 0.05) is 17.9 Å². The maximum atomic E-state index is 12.1. The highest BCUT2D eigenvalue weighted by molar-refractivity contribution is 7.92. The first-order chi connectivity index (χ1) is 13.6. The molecule has 0 spiro atoms. The van der Waals surface area contributed by atoms with E-state index < -0.39 is 26.1 Å². The first-order valence-electron chi connectivity index (χ1n) is 8.92. The predicted molar refractivity (Wildman–Crippen MR) is 111 cm³/mol. The van der Waals surface area contributed by atoms with Crippen LogP contribution in [0.1, 0.15) is 17.5 Å². The number of primary sulfonamides is 1. The number of hydrogen-bond acceptors (Lipinski definition) is 5. The summed E-state index contributed by atoms with van der Waals surface area (Å²) in [5.41, 5.74) is 3.38. The quantitative estimate of drug-likeness (QED) is 0.516. The van der Waals surface area contributed by atoms with Gasteiger partial charge in [0.25, 0.3) is 0 Å². The van der Waals surface area contributed by atoms with Crippen molar-refractivity contribution < 1.29 is 21.6 Å². The third-order valence-electron chi connectivity index (χ3n) is 4.47. The summed E-state index contributed by atoms with van der Waals surface area (Å²) < 4.78 is 49.0. The molecule has 9 nitrogen and oxygen atoms in total. The summed E-state index contributed by atoms with van der Waals surface area (Å²) in [6.45, 7) is -0.0959. The third kappa shape index (κ3) is 5.92. The largest absolute Gasteiger partial charge is 0.337 e. The maximum absolute atomic E-state index is 12.1. The summed E-state index contributed by atoms with van der Waals surface area (Å²) in [7, 11) is -7.58. The van der Waals surface area contributed by atoms with Gasteiger partial charge in [-0.2, -0.15) is 0 Å². The zero-order valence-corrected chi connectivity index (χ0v) is 17.1. The van der Waals surface area contributed by atoms with Crippen molar-refractivity contribution >= 4 is 37.5 Å². The summed E-state index contributed by atoms with van der Waals surface area (Å²) in [6.07, 6.45) is 3.16. The van der Waals surface area contributed by atoms with Crippen molar-refractivity contribution in [1.82, 2.24) is 5.32 Å². The molecule has 0 bridgehead atoms. The Morgan fingerprint density at radius 2 is 1.59 bits per heavy atom. The van der Waals surface area contributed by atoms with Gasteiger partial charge in [-0.25, -0.2) is 26.8 Å². The molecule has 5 N–H and O–H groups in total. The molecule has 0 atom stereocenters. The standard InChI is InChI=1S/C18H22N4O5S2/c19-29(26,27)17-8-6-15(7-9-17)22-28(24,25)11-10-20-18(23)21-16-5-4-13-2-1-3-14(13)12-16/h4-9,12,22H,1-3,10-11H2,(H2,19,26,27)(H2,20,21,23). The lowest BCUT2D eigenvalue weighted by molar-refractivity contribution is 0.252. The van der Waals surface area contributed by atoms with E-state index in [0.717, 1.165) is 19.3 Å². The van der Waals surface area contributed by atoms with Crippen molar-refractivity contribution in [2.45, 2.75) is 24.2 Å². The molecule has 0 radical (unpaired) electrons. The number of nitrogens with one attached hydrogen (secondary N) is 3. The molecule has 0 unspecified atom stereocenters. The van der Waals surface area contributed by atoms with E-state index in [-0.39, 0.29) is 22.9 Å². The SMILES string of the molecule is NS(=O)(=O)c1ccc(NS(=O)(=O)CCNC(=O)Nc2ccc3c(c2)CCC3)cc1. The molecular weight excluding hydrogens is 416 g/mol. The van der Waals surface area contributed by atoms with Crippen molar-refractivity contribution in [1.29, 1.82) is 0 Å². The Balaban J connectivity index is 1.48. The van der Waals surface area contributed by atoms with Crippen LogP contribution in [0.4, 0.5) is 16.2 Å². The van der Waals surface area contributed by atoms with Crippen molar-refractivity contribution in [3.63, 3.8) is 0 Å². The lowest BCUT2D eigenvalue weighted by Gasteiger charge is -2.11. The van der Waals surface area contributed by atoms with Gasteiger partial charge in [0.1, 0.15) is 0 Å². The Morgan fingerprint density at radius 3 is 2.28 bits per heavy atom. The molecule has 11 heteroatoms. The molecule has 2 aromatic rings. The van der Waals surface area contributed by atoms with E-state index in [2.05, 4.69) is 15.4 Å². The topological polar surface area (TPSA) is 147 Å². The molecule has 1 aliphatic carbocycles. The highest BCUT2D eigenvalue weighted by atomic mass is 32.2. The number of rotatable bonds is 7. The Labute approximate surface area is 169 Å². The molecule has 2 amide bonds. The molecule has 156 valence electrons. The fourth-order valence-electron chi connectivity index (χ4n) is 3.07. The first kappa shape index (κ1) is 21.1. The summed E-state index contributed by atoms with van der Waals surface area (Å²) in [6, 6.07) is 10.3. The zero-order valence-electron chi connectivity index (χ0n) is 15.5. The second-order valence-corrected chi connectivity index (χ2v) is 10.1. The van der Waals surface area contributed by atoms with Gasteiger partial charge in [0.2, 0.25) is 20.0 Å². The Bertz CT molecular complexity index is 1110. The molecule has 0 saturated carbocycles. The van der Waals surface area contributed by atoms with E-state index in [1.54, 1.807) is 0 Å². The second-order valence-electron chi connectivity index (χ2n) is 6.71. The number of urea groups is 1. The van der Waals surface area contributed by atoms with Gasteiger partial charge in [-0.05, 0) is 66.8 Å². The van der Waals surface area contributed by atoms with E-state index in [4.69, 9.17) is 5.14 Å². The predicted octanol–water partition coefficient (Wildman–Crippen LogP) is 1.39. The zero-order chi connectivity index (χ0) is 21.1. The van der Waals surface area contributed by atoms with Crippen LogP contribution in [0, 0.1) is 0 Å². The van der Waals surface area contributed by atoms with Gasteiger partial charge in [-0.3, -0.25) is 4.72 Å². The van der Waals surface area contributed by atoms with Gasteiger partial charge in [0.05, 0.1) is 10.6 Å². The van der Waals surface area contributed by atoms with Crippen molar-refractivity contribution in [2.75, 3.05) is 22.3 Å². The number of carbonyl (C=O) groups excluding carboxylic acids is 1. The van der Waals surface area contributed by atoms with Crippen LogP contribution in [0.15, 0.2) is 47.4 Å². The fourth-order valence-corrected chi connectivity index (χ4v) is 4.55. The van der Waals surface area contributed by atoms with E-state index in [0.29, 0.717) is 5.69 Å². The number of amides is 2. The molecule has 3 rings (SSSR count). The van der Waals surface area contributed by atoms with Crippen LogP contribution in [0.3, 0.4) is 0 Å². The van der Waals surface area contributed by atoms with E-state index in [1.807, 2.05) is 18.2 Å². The third-order valence-corrected chi connectivity index (χ3v) is 6.69. The van der Waals surface area contributed by atoms with Crippen LogP contribution < -0.4 is 20.5 Å². The van der Waals surface area contributed by atoms with E-state index in [9.17, 15) is 21.6 Å². The number of sulfonamides is 2. The number of hydrogen-bond donors (Lipinski definition) is 4. The maximum Gasteiger partial charge on any atom is 0.319 e. The van der Waals surface area contributed by atoms with Gasteiger partial charge in [-0.15, -0.1) is 0 Å². The first-order valence-corrected chi connectivity index (χ1v) is 12.1. The van der Waals surface area contributed by atoms with Crippen molar-refractivity contribution in [3.8, 4) is 0 Å². The molecule has 29 heavy (non-hydrogen) atoms. The van der Waals surface area contributed by atoms with Crippen molar-refractivity contribution in [2.24, 2.45) is 5.14 Å². The highest BCUT2D eigenvalue weighted by Gasteiger charge is 2.14. The van der Waals surface area contributed by atoms with Crippen LogP contribution in [0.25, 0.3) is 0 Å². The minimum Gasteiger partial charge on any atom is -0.337 e. The molecule has 0 heterocycles. The molecular formula is C18H22N4O5S2. The lowest BCUT2D eigenvalue weighted by atomic mass is 10.1. The minimum atomic E-state index is -3.85. The van der Waals surface area contributed by atoms with Crippen LogP contribution >= 0.6 is 0 Å². The Hall–Kier alpha value is -2.63. The Morgan fingerprint density at radius 1 is 0.931 bits per heavy atom. The number of nitrogens with two attached hydrogens (primary N) is 1. The molecule has 0 aliphatic heterocycles.